The first-order valence-electron chi connectivity index (χ1n) is 11.4. The monoisotopic (exact) mass is 477 g/mol. The number of hydrogen-bond acceptors (Lipinski definition) is 6. The highest BCUT2D eigenvalue weighted by atomic mass is 32.2. The smallest absolute Gasteiger partial charge is 0.255 e. The van der Waals surface area contributed by atoms with Gasteiger partial charge in [-0.15, -0.1) is 5.10 Å². The normalized spacial score (nSPS) is 15.2. The second kappa shape index (κ2) is 10.3. The Bertz CT molecular complexity index is 1220. The maximum absolute atomic E-state index is 13.5. The van der Waals surface area contributed by atoms with Crippen molar-refractivity contribution in [1.29, 1.82) is 0 Å². The molecule has 0 radical (unpaired) electrons. The second-order valence-electron chi connectivity index (χ2n) is 8.84. The van der Waals surface area contributed by atoms with Gasteiger partial charge in [0.1, 0.15) is 5.75 Å². The molecular weight excluding hydrogens is 446 g/mol. The molecule has 2 heterocycles. The molecule has 0 aliphatic carbocycles. The molecule has 0 spiro atoms. The molecule has 34 heavy (non-hydrogen) atoms. The Hall–Kier alpha value is -3.26. The van der Waals surface area contributed by atoms with E-state index >= 15 is 0 Å². The number of para-hydroxylation sites is 2. The predicted octanol–water partition coefficient (Wildman–Crippen LogP) is 5.81. The Labute approximate surface area is 205 Å². The maximum Gasteiger partial charge on any atom is 0.255 e. The predicted molar refractivity (Wildman–Crippen MR) is 137 cm³/mol. The van der Waals surface area contributed by atoms with Crippen molar-refractivity contribution in [3.05, 3.63) is 70.9 Å². The summed E-state index contributed by atoms with van der Waals surface area (Å²) in [5, 5.41) is 11.8. The van der Waals surface area contributed by atoms with Crippen LogP contribution < -0.4 is 15.4 Å². The van der Waals surface area contributed by atoms with E-state index in [-0.39, 0.29) is 11.9 Å². The zero-order valence-corrected chi connectivity index (χ0v) is 21.1. The first kappa shape index (κ1) is 23.9. The number of nitrogens with zero attached hydrogens (tertiary/aromatic N) is 3. The third-order valence-corrected chi connectivity index (χ3v) is 6.74. The van der Waals surface area contributed by atoms with Gasteiger partial charge in [-0.05, 0) is 49.4 Å². The molecule has 0 unspecified atom stereocenters. The highest BCUT2D eigenvalue weighted by molar-refractivity contribution is 7.98. The number of rotatable bonds is 8. The lowest BCUT2D eigenvalue weighted by Crippen LogP contribution is -2.31. The van der Waals surface area contributed by atoms with Crippen molar-refractivity contribution in [3.63, 3.8) is 0 Å². The summed E-state index contributed by atoms with van der Waals surface area (Å²) in [5.74, 6) is 2.28. The zero-order valence-electron chi connectivity index (χ0n) is 20.3. The Kier molecular flexibility index (Phi) is 7.26. The van der Waals surface area contributed by atoms with Crippen molar-refractivity contribution in [1.82, 2.24) is 14.8 Å². The van der Waals surface area contributed by atoms with Crippen molar-refractivity contribution in [2.75, 3.05) is 17.7 Å². The van der Waals surface area contributed by atoms with Crippen LogP contribution in [0.2, 0.25) is 0 Å². The second-order valence-corrected chi connectivity index (χ2v) is 9.78. The summed E-state index contributed by atoms with van der Waals surface area (Å²) in [7, 11) is 1.59. The Morgan fingerprint density at radius 1 is 1.18 bits per heavy atom. The molecule has 8 heteroatoms. The molecule has 1 aromatic heterocycles. The minimum absolute atomic E-state index is 0.171. The van der Waals surface area contributed by atoms with Crippen molar-refractivity contribution in [3.8, 4) is 5.75 Å². The number of carbonyl (C=O) groups is 1. The third-order valence-electron chi connectivity index (χ3n) is 5.86. The van der Waals surface area contributed by atoms with E-state index in [0.29, 0.717) is 34.0 Å². The first-order chi connectivity index (χ1) is 16.4. The number of allylic oxidation sites excluding steroid dienone is 1. The fourth-order valence-corrected chi connectivity index (χ4v) is 5.02. The highest BCUT2D eigenvalue weighted by Crippen LogP contribution is 2.37. The largest absolute Gasteiger partial charge is 0.495 e. The summed E-state index contributed by atoms with van der Waals surface area (Å²) < 4.78 is 7.27. The molecular formula is C26H31N5O2S. The molecule has 2 aromatic carbocycles. The third kappa shape index (κ3) is 5.12. The SMILES string of the molecule is COc1ccccc1NC(=O)C1=C(C)Nc2nc(SCc3ccccc3C)nn2[C@H]1CC(C)C. The van der Waals surface area contributed by atoms with Gasteiger partial charge < -0.3 is 15.4 Å². The number of fused-ring (bicyclic) bond motifs is 1. The van der Waals surface area contributed by atoms with Crippen molar-refractivity contribution < 1.29 is 9.53 Å². The lowest BCUT2D eigenvalue weighted by Gasteiger charge is -2.29. The van der Waals surface area contributed by atoms with E-state index in [2.05, 4.69) is 49.6 Å². The lowest BCUT2D eigenvalue weighted by atomic mass is 9.94. The molecule has 4 rings (SSSR count). The Balaban J connectivity index is 1.60. The topological polar surface area (TPSA) is 81.1 Å². The van der Waals surface area contributed by atoms with E-state index < -0.39 is 0 Å². The number of aryl methyl sites for hydroxylation is 1. The van der Waals surface area contributed by atoms with Gasteiger partial charge in [0.15, 0.2) is 0 Å². The first-order valence-corrected chi connectivity index (χ1v) is 12.4. The van der Waals surface area contributed by atoms with Gasteiger partial charge in [0.05, 0.1) is 24.4 Å². The molecule has 0 fully saturated rings. The van der Waals surface area contributed by atoms with E-state index in [1.54, 1.807) is 18.9 Å². The number of aromatic nitrogens is 3. The number of thioether (sulfide) groups is 1. The van der Waals surface area contributed by atoms with E-state index in [1.807, 2.05) is 41.9 Å². The average Bonchev–Trinajstić information content (AvgIpc) is 3.21. The summed E-state index contributed by atoms with van der Waals surface area (Å²) in [6.07, 6.45) is 0.770. The summed E-state index contributed by atoms with van der Waals surface area (Å²) in [6, 6.07) is 15.5. The van der Waals surface area contributed by atoms with Crippen LogP contribution in [0.4, 0.5) is 11.6 Å². The van der Waals surface area contributed by atoms with E-state index in [4.69, 9.17) is 14.8 Å². The molecule has 3 aromatic rings. The molecule has 2 N–H and O–H groups in total. The van der Waals surface area contributed by atoms with Gasteiger partial charge in [-0.3, -0.25) is 4.79 Å². The zero-order chi connectivity index (χ0) is 24.2. The Morgan fingerprint density at radius 3 is 2.65 bits per heavy atom. The van der Waals surface area contributed by atoms with Gasteiger partial charge in [0, 0.05) is 11.4 Å². The Morgan fingerprint density at radius 2 is 1.91 bits per heavy atom. The molecule has 1 aliphatic heterocycles. The summed E-state index contributed by atoms with van der Waals surface area (Å²) in [5.41, 5.74) is 4.60. The van der Waals surface area contributed by atoms with Crippen molar-refractivity contribution in [2.45, 2.75) is 51.1 Å². The standard InChI is InChI=1S/C26H31N5O2S/c1-16(2)14-21-23(24(32)28-20-12-8-9-13-22(20)33-5)18(4)27-25-29-26(30-31(21)25)34-15-19-11-7-6-10-17(19)3/h6-13,16,21H,14-15H2,1-5H3,(H,28,32)(H,27,29,30)/t21-/m0/s1. The highest BCUT2D eigenvalue weighted by Gasteiger charge is 2.33. The van der Waals surface area contributed by atoms with Gasteiger partial charge in [-0.1, -0.05) is 62.0 Å². The van der Waals surface area contributed by atoms with Crippen LogP contribution in [0.1, 0.15) is 44.4 Å². The van der Waals surface area contributed by atoms with Gasteiger partial charge in [-0.2, -0.15) is 4.98 Å². The van der Waals surface area contributed by atoms with E-state index in [1.165, 1.54) is 11.1 Å². The minimum Gasteiger partial charge on any atom is -0.495 e. The van der Waals surface area contributed by atoms with Crippen LogP contribution in [-0.4, -0.2) is 27.8 Å². The molecule has 178 valence electrons. The number of methoxy groups -OCH3 is 1. The summed E-state index contributed by atoms with van der Waals surface area (Å²) >= 11 is 1.60. The quantitative estimate of drug-likeness (QED) is 0.398. The molecule has 0 saturated carbocycles. The fourth-order valence-electron chi connectivity index (χ4n) is 4.11. The van der Waals surface area contributed by atoms with Gasteiger partial charge in [-0.25, -0.2) is 4.68 Å². The minimum atomic E-state index is -0.216. The number of anilines is 2. The number of carbonyl (C=O) groups excluding carboxylic acids is 1. The van der Waals surface area contributed by atoms with Crippen LogP contribution in [0.5, 0.6) is 5.75 Å². The number of nitrogens with one attached hydrogen (secondary N) is 2. The molecule has 1 atom stereocenters. The lowest BCUT2D eigenvalue weighted by molar-refractivity contribution is -0.113. The van der Waals surface area contributed by atoms with Crippen LogP contribution in [0.25, 0.3) is 0 Å². The van der Waals surface area contributed by atoms with Gasteiger partial charge in [0.25, 0.3) is 5.91 Å². The number of ether oxygens (including phenoxy) is 1. The average molecular weight is 478 g/mol. The van der Waals surface area contributed by atoms with Crippen LogP contribution in [0.15, 0.2) is 65.0 Å². The maximum atomic E-state index is 13.5. The molecule has 0 bridgehead atoms. The molecule has 1 amide bonds. The van der Waals surface area contributed by atoms with Crippen molar-refractivity contribution >= 4 is 29.3 Å². The molecule has 7 nitrogen and oxygen atoms in total. The number of hydrogen-bond donors (Lipinski definition) is 2. The van der Waals surface area contributed by atoms with Crippen molar-refractivity contribution in [2.24, 2.45) is 5.92 Å². The molecule has 1 aliphatic rings. The van der Waals surface area contributed by atoms with E-state index in [9.17, 15) is 4.79 Å². The molecule has 0 saturated heterocycles. The summed E-state index contributed by atoms with van der Waals surface area (Å²) in [6.45, 7) is 8.33. The van der Waals surface area contributed by atoms with Crippen LogP contribution in [0.3, 0.4) is 0 Å². The fraction of sp³-hybridized carbons (Fsp3) is 0.346. The van der Waals surface area contributed by atoms with Gasteiger partial charge >= 0.3 is 0 Å². The van der Waals surface area contributed by atoms with Crippen LogP contribution in [-0.2, 0) is 10.5 Å². The van der Waals surface area contributed by atoms with Gasteiger partial charge in [0.2, 0.25) is 11.1 Å². The summed E-state index contributed by atoms with van der Waals surface area (Å²) in [4.78, 5) is 18.2. The van der Waals surface area contributed by atoms with Crippen LogP contribution >= 0.6 is 11.8 Å². The number of benzene rings is 2. The van der Waals surface area contributed by atoms with E-state index in [0.717, 1.165) is 17.9 Å². The number of amides is 1. The van der Waals surface area contributed by atoms with Crippen LogP contribution in [0, 0.1) is 12.8 Å².